The average molecular weight is 307 g/mol. The quantitative estimate of drug-likeness (QED) is 0.944. The number of halogens is 1. The Hall–Kier alpha value is -1.88. The molecule has 0 spiro atoms. The van der Waals surface area contributed by atoms with Crippen LogP contribution in [0.4, 0.5) is 0 Å². The van der Waals surface area contributed by atoms with Crippen molar-refractivity contribution in [3.63, 3.8) is 0 Å². The molecular formula is C15H19ClN4O. The molecule has 2 rings (SSSR count). The predicted octanol–water partition coefficient (Wildman–Crippen LogP) is 3.06. The minimum absolute atomic E-state index is 0.129. The second kappa shape index (κ2) is 6.26. The van der Waals surface area contributed by atoms with E-state index in [1.54, 1.807) is 12.1 Å². The molecule has 1 amide bonds. The second-order valence-electron chi connectivity index (χ2n) is 4.96. The van der Waals surface area contributed by atoms with Gasteiger partial charge in [0.25, 0.3) is 5.91 Å². The highest BCUT2D eigenvalue weighted by molar-refractivity contribution is 6.30. The molecule has 0 aromatic carbocycles. The second-order valence-corrected chi connectivity index (χ2v) is 5.39. The molecule has 0 aliphatic carbocycles. The van der Waals surface area contributed by atoms with Crippen LogP contribution in [0.2, 0.25) is 5.02 Å². The highest BCUT2D eigenvalue weighted by atomic mass is 35.5. The van der Waals surface area contributed by atoms with Crippen LogP contribution in [0.5, 0.6) is 0 Å². The molecule has 1 atom stereocenters. The van der Waals surface area contributed by atoms with Crippen molar-refractivity contribution in [1.82, 2.24) is 20.1 Å². The molecule has 0 fully saturated rings. The molecule has 0 aliphatic heterocycles. The monoisotopic (exact) mass is 306 g/mol. The molecule has 2 aromatic rings. The van der Waals surface area contributed by atoms with E-state index in [2.05, 4.69) is 15.4 Å². The Bertz CT molecular complexity index is 648. The van der Waals surface area contributed by atoms with Gasteiger partial charge in [-0.15, -0.1) is 0 Å². The molecule has 0 bridgehead atoms. The van der Waals surface area contributed by atoms with Crippen molar-refractivity contribution in [2.24, 2.45) is 0 Å². The predicted molar refractivity (Wildman–Crippen MR) is 82.5 cm³/mol. The lowest BCUT2D eigenvalue weighted by Crippen LogP contribution is -2.28. The lowest BCUT2D eigenvalue weighted by Gasteiger charge is -2.14. The van der Waals surface area contributed by atoms with Crippen LogP contribution in [0.3, 0.4) is 0 Å². The summed E-state index contributed by atoms with van der Waals surface area (Å²) in [6.45, 7) is 8.78. The van der Waals surface area contributed by atoms with Gasteiger partial charge in [0.05, 0.1) is 16.8 Å². The van der Waals surface area contributed by atoms with Gasteiger partial charge in [-0.25, -0.2) is 4.98 Å². The third-order valence-electron chi connectivity index (χ3n) is 3.48. The van der Waals surface area contributed by atoms with E-state index in [-0.39, 0.29) is 11.9 Å². The summed E-state index contributed by atoms with van der Waals surface area (Å²) in [4.78, 5) is 16.2. The van der Waals surface area contributed by atoms with Gasteiger partial charge in [-0.3, -0.25) is 9.48 Å². The molecule has 1 N–H and O–H groups in total. The van der Waals surface area contributed by atoms with Crippen LogP contribution in [-0.4, -0.2) is 20.7 Å². The van der Waals surface area contributed by atoms with E-state index in [1.807, 2.05) is 32.4 Å². The van der Waals surface area contributed by atoms with Crippen molar-refractivity contribution in [2.75, 3.05) is 0 Å². The van der Waals surface area contributed by atoms with Gasteiger partial charge in [0.2, 0.25) is 0 Å². The summed E-state index contributed by atoms with van der Waals surface area (Å²) in [5, 5.41) is 7.94. The average Bonchev–Trinajstić information content (AvgIpc) is 2.73. The maximum absolute atomic E-state index is 12.2. The summed E-state index contributed by atoms with van der Waals surface area (Å²) in [6.07, 6.45) is 1.47. The number of hydrogen-bond donors (Lipinski definition) is 1. The first kappa shape index (κ1) is 15.5. The molecule has 0 aliphatic rings. The van der Waals surface area contributed by atoms with Crippen molar-refractivity contribution >= 4 is 17.5 Å². The molecule has 5 nitrogen and oxygen atoms in total. The molecule has 0 saturated heterocycles. The number of rotatable bonds is 4. The van der Waals surface area contributed by atoms with E-state index in [4.69, 9.17) is 11.6 Å². The van der Waals surface area contributed by atoms with Crippen molar-refractivity contribution in [3.8, 4) is 0 Å². The summed E-state index contributed by atoms with van der Waals surface area (Å²) in [5.41, 5.74) is 3.42. The number of pyridine rings is 1. The molecule has 6 heteroatoms. The summed E-state index contributed by atoms with van der Waals surface area (Å²) >= 11 is 5.77. The Kier molecular flexibility index (Phi) is 4.63. The van der Waals surface area contributed by atoms with Crippen molar-refractivity contribution < 1.29 is 4.79 Å². The van der Waals surface area contributed by atoms with E-state index >= 15 is 0 Å². The molecule has 2 heterocycles. The number of carbonyl (C=O) groups is 1. The molecule has 112 valence electrons. The Morgan fingerprint density at radius 3 is 2.67 bits per heavy atom. The van der Waals surface area contributed by atoms with E-state index in [0.717, 1.165) is 23.5 Å². The van der Waals surface area contributed by atoms with Gasteiger partial charge in [0.1, 0.15) is 5.69 Å². The fourth-order valence-corrected chi connectivity index (χ4v) is 2.61. The van der Waals surface area contributed by atoms with Crippen LogP contribution in [0.25, 0.3) is 0 Å². The maximum atomic E-state index is 12.2. The fraction of sp³-hybridized carbons (Fsp3) is 0.400. The molecule has 21 heavy (non-hydrogen) atoms. The number of nitrogens with zero attached hydrogens (tertiary/aromatic N) is 3. The summed E-state index contributed by atoms with van der Waals surface area (Å²) < 4.78 is 1.94. The first-order chi connectivity index (χ1) is 9.93. The molecule has 0 unspecified atom stereocenters. The first-order valence-corrected chi connectivity index (χ1v) is 7.28. The van der Waals surface area contributed by atoms with Crippen LogP contribution in [-0.2, 0) is 6.54 Å². The lowest BCUT2D eigenvalue weighted by molar-refractivity contribution is 0.0934. The fourth-order valence-electron chi connectivity index (χ4n) is 2.50. The molecular weight excluding hydrogens is 288 g/mol. The van der Waals surface area contributed by atoms with Gasteiger partial charge in [0, 0.05) is 24.0 Å². The lowest BCUT2D eigenvalue weighted by atomic mass is 10.1. The Morgan fingerprint density at radius 2 is 2.14 bits per heavy atom. The van der Waals surface area contributed by atoms with E-state index in [0.29, 0.717) is 10.7 Å². The van der Waals surface area contributed by atoms with Crippen LogP contribution >= 0.6 is 11.6 Å². The van der Waals surface area contributed by atoms with Crippen LogP contribution in [0.15, 0.2) is 18.3 Å². The van der Waals surface area contributed by atoms with Crippen LogP contribution in [0, 0.1) is 13.8 Å². The number of aryl methyl sites for hydroxylation is 2. The topological polar surface area (TPSA) is 59.8 Å². The normalized spacial score (nSPS) is 12.2. The summed E-state index contributed by atoms with van der Waals surface area (Å²) in [7, 11) is 0. The van der Waals surface area contributed by atoms with Crippen molar-refractivity contribution in [2.45, 2.75) is 40.3 Å². The van der Waals surface area contributed by atoms with Crippen LogP contribution < -0.4 is 5.32 Å². The summed E-state index contributed by atoms with van der Waals surface area (Å²) in [6, 6.07) is 3.13. The van der Waals surface area contributed by atoms with E-state index < -0.39 is 0 Å². The number of nitrogens with one attached hydrogen (secondary N) is 1. The van der Waals surface area contributed by atoms with Gasteiger partial charge in [-0.05, 0) is 39.8 Å². The summed E-state index contributed by atoms with van der Waals surface area (Å²) in [5.74, 6) is -0.220. The van der Waals surface area contributed by atoms with Gasteiger partial charge < -0.3 is 5.32 Å². The smallest absolute Gasteiger partial charge is 0.270 e. The largest absolute Gasteiger partial charge is 0.344 e. The standard InChI is InChI=1S/C15H19ClN4O/c1-5-20-11(4)14(10(3)19-20)9(2)18-15(21)13-7-6-12(16)8-17-13/h6-9H,5H2,1-4H3,(H,18,21)/t9-/m0/s1. The van der Waals surface area contributed by atoms with E-state index in [9.17, 15) is 4.79 Å². The number of aromatic nitrogens is 3. The minimum Gasteiger partial charge on any atom is -0.344 e. The maximum Gasteiger partial charge on any atom is 0.270 e. The molecule has 2 aromatic heterocycles. The van der Waals surface area contributed by atoms with Crippen LogP contribution in [0.1, 0.15) is 47.3 Å². The van der Waals surface area contributed by atoms with Crippen molar-refractivity contribution in [3.05, 3.63) is 46.0 Å². The van der Waals surface area contributed by atoms with Gasteiger partial charge in [-0.2, -0.15) is 5.10 Å². The van der Waals surface area contributed by atoms with Gasteiger partial charge in [0.15, 0.2) is 0 Å². The number of carbonyl (C=O) groups excluding carboxylic acids is 1. The molecule has 0 saturated carbocycles. The Labute approximate surface area is 129 Å². The highest BCUT2D eigenvalue weighted by Crippen LogP contribution is 2.21. The minimum atomic E-state index is -0.220. The van der Waals surface area contributed by atoms with E-state index in [1.165, 1.54) is 6.20 Å². The zero-order valence-electron chi connectivity index (χ0n) is 12.6. The SMILES string of the molecule is CCn1nc(C)c([C@H](C)NC(=O)c2ccc(Cl)cn2)c1C. The van der Waals surface area contributed by atoms with Gasteiger partial charge >= 0.3 is 0 Å². The molecule has 0 radical (unpaired) electrons. The zero-order valence-corrected chi connectivity index (χ0v) is 13.4. The van der Waals surface area contributed by atoms with Gasteiger partial charge in [-0.1, -0.05) is 11.6 Å². The number of hydrogen-bond acceptors (Lipinski definition) is 3. The Morgan fingerprint density at radius 1 is 1.43 bits per heavy atom. The first-order valence-electron chi connectivity index (χ1n) is 6.90. The highest BCUT2D eigenvalue weighted by Gasteiger charge is 2.19. The Balaban J connectivity index is 2.18. The third kappa shape index (κ3) is 3.24. The third-order valence-corrected chi connectivity index (χ3v) is 3.70. The number of amides is 1. The van der Waals surface area contributed by atoms with Crippen molar-refractivity contribution in [1.29, 1.82) is 0 Å². The zero-order chi connectivity index (χ0) is 15.6.